The Kier molecular flexibility index (Phi) is 9.13. The Hall–Kier alpha value is -4.85. The van der Waals surface area contributed by atoms with Crippen molar-refractivity contribution in [3.63, 3.8) is 0 Å². The van der Waals surface area contributed by atoms with Crippen LogP contribution in [0.3, 0.4) is 0 Å². The summed E-state index contributed by atoms with van der Waals surface area (Å²) in [6.07, 6.45) is 3.32. The Morgan fingerprint density at radius 2 is 1.77 bits per heavy atom. The van der Waals surface area contributed by atoms with E-state index in [4.69, 9.17) is 18.6 Å². The number of ether oxygens (including phenoxy) is 3. The van der Waals surface area contributed by atoms with Gasteiger partial charge in [-0.15, -0.1) is 0 Å². The monoisotopic (exact) mass is 527 g/mol. The lowest BCUT2D eigenvalue weighted by Gasteiger charge is -2.12. The Morgan fingerprint density at radius 3 is 2.59 bits per heavy atom. The number of carbonyl (C=O) groups is 2. The summed E-state index contributed by atoms with van der Waals surface area (Å²) in [6, 6.07) is 21.8. The molecule has 1 N–H and O–H groups in total. The predicted octanol–water partition coefficient (Wildman–Crippen LogP) is 5.07. The standard InChI is InChI=1S/C31H29NO7/c1-21-8-3-4-10-24(21)20-38-27-14-12-22(18-28(27)36-2)13-15-29(33)37-17-7-16-32-30(34)25-19-23-9-5-6-11-26(23)39-31(25)35/h3-6,8-15,18-19H,7,16-17,20H2,1-2H3,(H,32,34)/b15-13+. The molecule has 200 valence electrons. The van der Waals surface area contributed by atoms with E-state index in [1.807, 2.05) is 37.3 Å². The van der Waals surface area contributed by atoms with Crippen LogP contribution in [0.2, 0.25) is 0 Å². The third-order valence-electron chi connectivity index (χ3n) is 5.98. The first kappa shape index (κ1) is 27.2. The van der Waals surface area contributed by atoms with Crippen LogP contribution in [-0.2, 0) is 16.1 Å². The molecule has 0 bridgehead atoms. The fourth-order valence-electron chi connectivity index (χ4n) is 3.81. The molecule has 8 heteroatoms. The lowest BCUT2D eigenvalue weighted by Crippen LogP contribution is -2.29. The second kappa shape index (κ2) is 13.1. The zero-order chi connectivity index (χ0) is 27.6. The lowest BCUT2D eigenvalue weighted by atomic mass is 10.1. The molecule has 0 aliphatic rings. The predicted molar refractivity (Wildman–Crippen MR) is 148 cm³/mol. The molecule has 0 unspecified atom stereocenters. The van der Waals surface area contributed by atoms with Crippen LogP contribution in [0.25, 0.3) is 17.0 Å². The van der Waals surface area contributed by atoms with Crippen LogP contribution in [0.1, 0.15) is 33.5 Å². The first-order valence-corrected chi connectivity index (χ1v) is 12.5. The Morgan fingerprint density at radius 1 is 0.974 bits per heavy atom. The molecule has 39 heavy (non-hydrogen) atoms. The van der Waals surface area contributed by atoms with Gasteiger partial charge in [-0.25, -0.2) is 9.59 Å². The zero-order valence-electron chi connectivity index (χ0n) is 21.8. The van der Waals surface area contributed by atoms with Gasteiger partial charge in [0, 0.05) is 18.0 Å². The number of hydrogen-bond acceptors (Lipinski definition) is 7. The van der Waals surface area contributed by atoms with Crippen molar-refractivity contribution >= 4 is 28.9 Å². The molecule has 1 aromatic heterocycles. The summed E-state index contributed by atoms with van der Waals surface area (Å²) >= 11 is 0. The second-order valence-electron chi connectivity index (χ2n) is 8.72. The number of para-hydroxylation sites is 1. The Balaban J connectivity index is 1.22. The van der Waals surface area contributed by atoms with E-state index < -0.39 is 17.5 Å². The van der Waals surface area contributed by atoms with Crippen LogP contribution < -0.4 is 20.4 Å². The molecule has 0 fully saturated rings. The maximum Gasteiger partial charge on any atom is 0.349 e. The first-order valence-electron chi connectivity index (χ1n) is 12.5. The Labute approximate surface area is 225 Å². The van der Waals surface area contributed by atoms with Crippen molar-refractivity contribution in [1.82, 2.24) is 5.32 Å². The van der Waals surface area contributed by atoms with Crippen LogP contribution in [0.15, 0.2) is 88.1 Å². The van der Waals surface area contributed by atoms with Gasteiger partial charge in [0.15, 0.2) is 11.5 Å². The van der Waals surface area contributed by atoms with Gasteiger partial charge in [-0.3, -0.25) is 4.79 Å². The number of nitrogens with one attached hydrogen (secondary N) is 1. The van der Waals surface area contributed by atoms with E-state index in [9.17, 15) is 14.4 Å². The molecule has 0 radical (unpaired) electrons. The summed E-state index contributed by atoms with van der Waals surface area (Å²) in [5.74, 6) is 0.0932. The largest absolute Gasteiger partial charge is 0.493 e. The van der Waals surface area contributed by atoms with Gasteiger partial charge in [0.1, 0.15) is 17.8 Å². The molecule has 4 aromatic rings. The summed E-state index contributed by atoms with van der Waals surface area (Å²) in [7, 11) is 1.56. The maximum atomic E-state index is 12.4. The van der Waals surface area contributed by atoms with Gasteiger partial charge in [0.25, 0.3) is 5.91 Å². The van der Waals surface area contributed by atoms with Crippen LogP contribution in [-0.4, -0.2) is 32.1 Å². The van der Waals surface area contributed by atoms with Crippen LogP contribution in [0.4, 0.5) is 0 Å². The fraction of sp³-hybridized carbons (Fsp3) is 0.194. The van der Waals surface area contributed by atoms with Gasteiger partial charge < -0.3 is 23.9 Å². The van der Waals surface area contributed by atoms with Gasteiger partial charge in [0.05, 0.1) is 13.7 Å². The number of esters is 1. The van der Waals surface area contributed by atoms with E-state index >= 15 is 0 Å². The minimum atomic E-state index is -0.703. The molecule has 3 aromatic carbocycles. The van der Waals surface area contributed by atoms with Crippen molar-refractivity contribution in [3.05, 3.63) is 112 Å². The van der Waals surface area contributed by atoms with Crippen molar-refractivity contribution in [2.75, 3.05) is 20.3 Å². The molecule has 4 rings (SSSR count). The number of benzene rings is 3. The number of amides is 1. The highest BCUT2D eigenvalue weighted by atomic mass is 16.5. The van der Waals surface area contributed by atoms with Gasteiger partial charge in [-0.05, 0) is 60.4 Å². The molecule has 1 amide bonds. The van der Waals surface area contributed by atoms with Crippen LogP contribution >= 0.6 is 0 Å². The second-order valence-corrected chi connectivity index (χ2v) is 8.72. The number of carbonyl (C=O) groups excluding carboxylic acids is 2. The molecule has 0 saturated carbocycles. The summed E-state index contributed by atoms with van der Waals surface area (Å²) in [4.78, 5) is 36.6. The average Bonchev–Trinajstić information content (AvgIpc) is 2.95. The molecule has 0 aliphatic carbocycles. The highest BCUT2D eigenvalue weighted by Crippen LogP contribution is 2.29. The quantitative estimate of drug-likeness (QED) is 0.126. The average molecular weight is 528 g/mol. The normalized spacial score (nSPS) is 10.9. The van der Waals surface area contributed by atoms with Gasteiger partial charge in [0.2, 0.25) is 0 Å². The van der Waals surface area contributed by atoms with E-state index in [0.29, 0.717) is 35.5 Å². The van der Waals surface area contributed by atoms with E-state index in [0.717, 1.165) is 16.7 Å². The first-order chi connectivity index (χ1) is 18.9. The van der Waals surface area contributed by atoms with Gasteiger partial charge >= 0.3 is 11.6 Å². The molecular weight excluding hydrogens is 498 g/mol. The summed E-state index contributed by atoms with van der Waals surface area (Å²) in [6.45, 7) is 2.78. The van der Waals surface area contributed by atoms with Crippen LogP contribution in [0.5, 0.6) is 11.5 Å². The lowest BCUT2D eigenvalue weighted by molar-refractivity contribution is -0.137. The van der Waals surface area contributed by atoms with Crippen molar-refractivity contribution in [3.8, 4) is 11.5 Å². The highest BCUT2D eigenvalue weighted by molar-refractivity contribution is 5.96. The highest BCUT2D eigenvalue weighted by Gasteiger charge is 2.13. The maximum absolute atomic E-state index is 12.4. The van der Waals surface area contributed by atoms with Crippen molar-refractivity contribution in [1.29, 1.82) is 0 Å². The summed E-state index contributed by atoms with van der Waals surface area (Å²) in [5.41, 5.74) is 2.62. The van der Waals surface area contributed by atoms with Gasteiger partial charge in [-0.1, -0.05) is 48.5 Å². The minimum absolute atomic E-state index is 0.0735. The number of aryl methyl sites for hydroxylation is 1. The molecule has 0 atom stereocenters. The van der Waals surface area contributed by atoms with E-state index in [-0.39, 0.29) is 18.7 Å². The topological polar surface area (TPSA) is 104 Å². The van der Waals surface area contributed by atoms with Crippen LogP contribution in [0, 0.1) is 6.92 Å². The fourth-order valence-corrected chi connectivity index (χ4v) is 3.81. The van der Waals surface area contributed by atoms with E-state index in [2.05, 4.69) is 5.32 Å². The van der Waals surface area contributed by atoms with E-state index in [1.165, 1.54) is 12.1 Å². The SMILES string of the molecule is COc1cc(/C=C/C(=O)OCCCNC(=O)c2cc3ccccc3oc2=O)ccc1OCc1ccccc1C. The molecular formula is C31H29NO7. The molecule has 0 saturated heterocycles. The summed E-state index contributed by atoms with van der Waals surface area (Å²) in [5, 5.41) is 3.30. The van der Waals surface area contributed by atoms with Crippen molar-refractivity contribution in [2.45, 2.75) is 20.0 Å². The zero-order valence-corrected chi connectivity index (χ0v) is 21.8. The number of rotatable bonds is 11. The third-order valence-corrected chi connectivity index (χ3v) is 5.98. The minimum Gasteiger partial charge on any atom is -0.493 e. The third kappa shape index (κ3) is 7.35. The van der Waals surface area contributed by atoms with Crippen molar-refractivity contribution in [2.24, 2.45) is 0 Å². The number of fused-ring (bicyclic) bond motifs is 1. The number of methoxy groups -OCH3 is 1. The van der Waals surface area contributed by atoms with Gasteiger partial charge in [-0.2, -0.15) is 0 Å². The summed E-state index contributed by atoms with van der Waals surface area (Å²) < 4.78 is 21.8. The molecule has 0 spiro atoms. The molecule has 1 heterocycles. The molecule has 0 aliphatic heterocycles. The van der Waals surface area contributed by atoms with Crippen molar-refractivity contribution < 1.29 is 28.2 Å². The smallest absolute Gasteiger partial charge is 0.349 e. The Bertz CT molecular complexity index is 1550. The van der Waals surface area contributed by atoms with E-state index in [1.54, 1.807) is 49.6 Å². The molecule has 8 nitrogen and oxygen atoms in total. The number of hydrogen-bond donors (Lipinski definition) is 1.